The largest absolute Gasteiger partial charge is 0.395 e. The number of hydrogen-bond donors (Lipinski definition) is 1. The predicted molar refractivity (Wildman–Crippen MR) is 72.2 cm³/mol. The Kier molecular flexibility index (Phi) is 3.33. The average Bonchev–Trinajstić information content (AvgIpc) is 2.78. The van der Waals surface area contributed by atoms with E-state index in [0.717, 1.165) is 23.7 Å². The monoisotopic (exact) mass is 261 g/mol. The zero-order valence-electron chi connectivity index (χ0n) is 11.2. The molecule has 19 heavy (non-hydrogen) atoms. The van der Waals surface area contributed by atoms with Crippen molar-refractivity contribution in [2.24, 2.45) is 0 Å². The minimum Gasteiger partial charge on any atom is -0.395 e. The molecule has 3 rings (SSSR count). The van der Waals surface area contributed by atoms with Crippen LogP contribution in [0.4, 0.5) is 5.82 Å². The lowest BCUT2D eigenvalue weighted by molar-refractivity contribution is 0.282. The first kappa shape index (κ1) is 12.3. The molecule has 0 aliphatic heterocycles. The third-order valence-corrected chi connectivity index (χ3v) is 3.78. The zero-order valence-corrected chi connectivity index (χ0v) is 11.2. The van der Waals surface area contributed by atoms with Crippen molar-refractivity contribution in [3.8, 4) is 0 Å². The number of aromatic nitrogens is 4. The highest BCUT2D eigenvalue weighted by Crippen LogP contribution is 2.28. The van der Waals surface area contributed by atoms with Crippen LogP contribution in [0.1, 0.15) is 32.0 Å². The molecule has 0 atom stereocenters. The summed E-state index contributed by atoms with van der Waals surface area (Å²) < 4.78 is 1.80. The van der Waals surface area contributed by atoms with E-state index < -0.39 is 0 Å². The summed E-state index contributed by atoms with van der Waals surface area (Å²) in [5.74, 6) is 1.77. The van der Waals surface area contributed by atoms with E-state index in [9.17, 15) is 5.11 Å². The summed E-state index contributed by atoms with van der Waals surface area (Å²) in [4.78, 5) is 2.20. The van der Waals surface area contributed by atoms with Gasteiger partial charge in [0.25, 0.3) is 0 Å². The molecule has 1 aliphatic carbocycles. The molecule has 1 fully saturated rings. The van der Waals surface area contributed by atoms with Gasteiger partial charge >= 0.3 is 0 Å². The molecule has 0 unspecified atom stereocenters. The van der Waals surface area contributed by atoms with Crippen LogP contribution in [0.2, 0.25) is 0 Å². The molecule has 1 aliphatic rings. The molecule has 1 N–H and O–H groups in total. The fraction of sp³-hybridized carbons (Fsp3) is 0.615. The summed E-state index contributed by atoms with van der Waals surface area (Å²) in [6.45, 7) is 2.83. The van der Waals surface area contributed by atoms with Crippen LogP contribution >= 0.6 is 0 Å². The molecule has 2 aromatic heterocycles. The fourth-order valence-electron chi connectivity index (χ4n) is 2.49. The van der Waals surface area contributed by atoms with E-state index in [2.05, 4.69) is 20.2 Å². The van der Waals surface area contributed by atoms with Crippen LogP contribution in [0.5, 0.6) is 0 Å². The van der Waals surface area contributed by atoms with Gasteiger partial charge in [-0.2, -0.15) is 4.52 Å². The van der Waals surface area contributed by atoms with Crippen molar-refractivity contribution in [1.29, 1.82) is 0 Å². The van der Waals surface area contributed by atoms with Gasteiger partial charge in [-0.3, -0.25) is 0 Å². The molecular formula is C13H19N5O. The van der Waals surface area contributed by atoms with Crippen LogP contribution in [-0.2, 0) is 6.42 Å². The molecule has 0 saturated heterocycles. The van der Waals surface area contributed by atoms with Crippen molar-refractivity contribution in [1.82, 2.24) is 19.8 Å². The van der Waals surface area contributed by atoms with Crippen LogP contribution in [0.25, 0.3) is 5.65 Å². The summed E-state index contributed by atoms with van der Waals surface area (Å²) in [5, 5.41) is 22.1. The van der Waals surface area contributed by atoms with Crippen molar-refractivity contribution in [3.05, 3.63) is 18.0 Å². The second-order valence-corrected chi connectivity index (χ2v) is 4.93. The number of aliphatic hydroxyl groups is 1. The molecule has 0 radical (unpaired) electrons. The lowest BCUT2D eigenvalue weighted by Gasteiger charge is -2.37. The Morgan fingerprint density at radius 2 is 2.21 bits per heavy atom. The first-order valence-corrected chi connectivity index (χ1v) is 6.92. The minimum absolute atomic E-state index is 0.152. The molecule has 0 aromatic carbocycles. The summed E-state index contributed by atoms with van der Waals surface area (Å²) in [5.41, 5.74) is 0.776. The van der Waals surface area contributed by atoms with E-state index in [1.165, 1.54) is 19.3 Å². The molecule has 2 heterocycles. The van der Waals surface area contributed by atoms with E-state index in [1.54, 1.807) is 4.52 Å². The number of aliphatic hydroxyl groups excluding tert-OH is 1. The van der Waals surface area contributed by atoms with Gasteiger partial charge in [0.1, 0.15) is 5.82 Å². The van der Waals surface area contributed by atoms with E-state index in [0.29, 0.717) is 12.6 Å². The van der Waals surface area contributed by atoms with Gasteiger partial charge in [0, 0.05) is 19.0 Å². The number of rotatable bonds is 5. The first-order chi connectivity index (χ1) is 9.33. The lowest BCUT2D eigenvalue weighted by Crippen LogP contribution is -2.42. The average molecular weight is 261 g/mol. The highest BCUT2D eigenvalue weighted by molar-refractivity contribution is 5.46. The molecule has 0 bridgehead atoms. The topological polar surface area (TPSA) is 66.5 Å². The minimum atomic E-state index is 0.152. The van der Waals surface area contributed by atoms with Crippen molar-refractivity contribution >= 4 is 11.5 Å². The van der Waals surface area contributed by atoms with E-state index >= 15 is 0 Å². The van der Waals surface area contributed by atoms with Gasteiger partial charge in [-0.15, -0.1) is 15.3 Å². The maximum atomic E-state index is 9.24. The Bertz CT molecular complexity index is 563. The van der Waals surface area contributed by atoms with Crippen molar-refractivity contribution < 1.29 is 5.11 Å². The van der Waals surface area contributed by atoms with Crippen molar-refractivity contribution in [2.45, 2.75) is 38.6 Å². The van der Waals surface area contributed by atoms with Gasteiger partial charge < -0.3 is 10.0 Å². The number of nitrogens with zero attached hydrogens (tertiary/aromatic N) is 5. The second-order valence-electron chi connectivity index (χ2n) is 4.93. The number of hydrogen-bond acceptors (Lipinski definition) is 5. The number of anilines is 1. The van der Waals surface area contributed by atoms with Crippen molar-refractivity contribution in [3.63, 3.8) is 0 Å². The smallest absolute Gasteiger partial charge is 0.178 e. The van der Waals surface area contributed by atoms with Gasteiger partial charge in [0.05, 0.1) is 6.61 Å². The van der Waals surface area contributed by atoms with E-state index in [-0.39, 0.29) is 6.61 Å². The molecule has 6 nitrogen and oxygen atoms in total. The highest BCUT2D eigenvalue weighted by atomic mass is 16.3. The molecule has 2 aromatic rings. The van der Waals surface area contributed by atoms with Gasteiger partial charge in [-0.05, 0) is 31.4 Å². The van der Waals surface area contributed by atoms with Crippen molar-refractivity contribution in [2.75, 3.05) is 18.1 Å². The lowest BCUT2D eigenvalue weighted by atomic mass is 9.91. The van der Waals surface area contributed by atoms with Gasteiger partial charge in [0.2, 0.25) is 0 Å². The third kappa shape index (κ3) is 2.16. The van der Waals surface area contributed by atoms with Crippen LogP contribution in [0.15, 0.2) is 12.1 Å². The zero-order chi connectivity index (χ0) is 13.2. The van der Waals surface area contributed by atoms with Crippen LogP contribution < -0.4 is 4.90 Å². The van der Waals surface area contributed by atoms with E-state index in [1.807, 2.05) is 19.1 Å². The van der Waals surface area contributed by atoms with Crippen LogP contribution in [-0.4, -0.2) is 44.1 Å². The Morgan fingerprint density at radius 1 is 1.37 bits per heavy atom. The number of fused-ring (bicyclic) bond motifs is 1. The molecule has 0 amide bonds. The Balaban J connectivity index is 1.97. The first-order valence-electron chi connectivity index (χ1n) is 6.92. The summed E-state index contributed by atoms with van der Waals surface area (Å²) in [6.07, 6.45) is 4.44. The van der Waals surface area contributed by atoms with E-state index in [4.69, 9.17) is 0 Å². The standard InChI is InChI=1S/C13H19N5O/c1-2-11-14-15-12-6-7-13(16-18(11)12)17(8-9-19)10-4-3-5-10/h6-7,10,19H,2-5,8-9H2,1H3. The summed E-state index contributed by atoms with van der Waals surface area (Å²) in [7, 11) is 0. The van der Waals surface area contributed by atoms with Gasteiger partial charge in [0.15, 0.2) is 11.5 Å². The summed E-state index contributed by atoms with van der Waals surface area (Å²) >= 11 is 0. The molecule has 6 heteroatoms. The third-order valence-electron chi connectivity index (χ3n) is 3.78. The van der Waals surface area contributed by atoms with Gasteiger partial charge in [-0.25, -0.2) is 0 Å². The SMILES string of the molecule is CCc1nnc2ccc(N(CCO)C3CCC3)nn12. The Morgan fingerprint density at radius 3 is 2.84 bits per heavy atom. The maximum Gasteiger partial charge on any atom is 0.178 e. The maximum absolute atomic E-state index is 9.24. The molecule has 1 saturated carbocycles. The quantitative estimate of drug-likeness (QED) is 0.871. The fourth-order valence-corrected chi connectivity index (χ4v) is 2.49. The second kappa shape index (κ2) is 5.13. The van der Waals surface area contributed by atoms with Gasteiger partial charge in [-0.1, -0.05) is 6.92 Å². The van der Waals surface area contributed by atoms with Crippen LogP contribution in [0, 0.1) is 0 Å². The Labute approximate surface area is 112 Å². The molecule has 102 valence electrons. The normalized spacial score (nSPS) is 15.7. The van der Waals surface area contributed by atoms with Crippen LogP contribution in [0.3, 0.4) is 0 Å². The Hall–Kier alpha value is -1.69. The molecular weight excluding hydrogens is 242 g/mol. The number of aryl methyl sites for hydroxylation is 1. The predicted octanol–water partition coefficient (Wildman–Crippen LogP) is 1.04. The summed E-state index contributed by atoms with van der Waals surface area (Å²) in [6, 6.07) is 4.42. The highest BCUT2D eigenvalue weighted by Gasteiger charge is 2.26. The molecule has 0 spiro atoms.